The molecule has 2 aromatic rings. The fraction of sp³-hybridized carbons (Fsp3) is 0.429. The summed E-state index contributed by atoms with van der Waals surface area (Å²) in [5, 5.41) is 2.93. The van der Waals surface area contributed by atoms with Crippen LogP contribution in [0.5, 0.6) is 0 Å². The topological polar surface area (TPSA) is 77.8 Å². The van der Waals surface area contributed by atoms with Crippen molar-refractivity contribution >= 4 is 16.9 Å². The number of hydrogen-bond acceptors (Lipinski definition) is 2. The van der Waals surface area contributed by atoms with Gasteiger partial charge in [-0.05, 0) is 30.5 Å². The molecule has 0 fully saturated rings. The average Bonchev–Trinajstić information content (AvgIpc) is 2.77. The van der Waals surface area contributed by atoms with E-state index in [-0.39, 0.29) is 17.5 Å². The van der Waals surface area contributed by atoms with E-state index < -0.39 is 0 Å². The molecule has 19 heavy (non-hydrogen) atoms. The third kappa shape index (κ3) is 3.05. The molecule has 1 aromatic carbocycles. The van der Waals surface area contributed by atoms with Crippen molar-refractivity contribution in [2.45, 2.75) is 33.2 Å². The molecule has 0 aliphatic carbocycles. The quantitative estimate of drug-likeness (QED) is 0.768. The van der Waals surface area contributed by atoms with Crippen LogP contribution in [0, 0.1) is 5.92 Å². The van der Waals surface area contributed by atoms with Crippen molar-refractivity contribution < 1.29 is 4.79 Å². The number of hydrogen-bond donors (Lipinski definition) is 3. The Morgan fingerprint density at radius 1 is 1.21 bits per heavy atom. The molecule has 0 saturated heterocycles. The second kappa shape index (κ2) is 5.73. The third-order valence-corrected chi connectivity index (χ3v) is 3.40. The van der Waals surface area contributed by atoms with Crippen LogP contribution < -0.4 is 11.0 Å². The van der Waals surface area contributed by atoms with Gasteiger partial charge >= 0.3 is 5.69 Å². The predicted molar refractivity (Wildman–Crippen MR) is 74.8 cm³/mol. The number of benzene rings is 1. The second-order valence-electron chi connectivity index (χ2n) is 4.69. The largest absolute Gasteiger partial charge is 0.352 e. The van der Waals surface area contributed by atoms with Gasteiger partial charge in [-0.2, -0.15) is 0 Å². The third-order valence-electron chi connectivity index (χ3n) is 3.40. The molecule has 1 amide bonds. The van der Waals surface area contributed by atoms with Crippen LogP contribution >= 0.6 is 0 Å². The van der Waals surface area contributed by atoms with Crippen LogP contribution in [0.15, 0.2) is 23.0 Å². The second-order valence-corrected chi connectivity index (χ2v) is 4.69. The summed E-state index contributed by atoms with van der Waals surface area (Å²) in [7, 11) is 0. The number of carbonyl (C=O) groups is 1. The van der Waals surface area contributed by atoms with E-state index >= 15 is 0 Å². The van der Waals surface area contributed by atoms with E-state index in [9.17, 15) is 9.59 Å². The lowest BCUT2D eigenvalue weighted by molar-refractivity contribution is -0.125. The highest BCUT2D eigenvalue weighted by Crippen LogP contribution is 2.11. The zero-order valence-electron chi connectivity index (χ0n) is 11.2. The molecular weight excluding hydrogens is 242 g/mol. The fourth-order valence-corrected chi connectivity index (χ4v) is 2.18. The van der Waals surface area contributed by atoms with Gasteiger partial charge < -0.3 is 15.3 Å². The molecule has 0 unspecified atom stereocenters. The summed E-state index contributed by atoms with van der Waals surface area (Å²) >= 11 is 0. The minimum Gasteiger partial charge on any atom is -0.352 e. The van der Waals surface area contributed by atoms with Crippen molar-refractivity contribution in [2.24, 2.45) is 5.92 Å². The van der Waals surface area contributed by atoms with Gasteiger partial charge in [0.2, 0.25) is 5.91 Å². The maximum atomic E-state index is 11.9. The SMILES string of the molecule is CCC(CC)C(=O)NCc1ccc2[nH]c(=O)[nH]c2c1. The molecule has 5 heteroatoms. The van der Waals surface area contributed by atoms with Gasteiger partial charge in [0.1, 0.15) is 0 Å². The number of carbonyl (C=O) groups excluding carboxylic acids is 1. The van der Waals surface area contributed by atoms with Gasteiger partial charge in [-0.3, -0.25) is 4.79 Å². The predicted octanol–water partition coefficient (Wildman–Crippen LogP) is 1.91. The Hall–Kier alpha value is -2.04. The molecule has 2 rings (SSSR count). The summed E-state index contributed by atoms with van der Waals surface area (Å²) in [6.07, 6.45) is 1.71. The van der Waals surface area contributed by atoms with Gasteiger partial charge in [-0.15, -0.1) is 0 Å². The summed E-state index contributed by atoms with van der Waals surface area (Å²) < 4.78 is 0. The molecule has 0 aliphatic heterocycles. The Balaban J connectivity index is 2.05. The first kappa shape index (κ1) is 13.4. The number of aromatic amines is 2. The Morgan fingerprint density at radius 3 is 2.58 bits per heavy atom. The highest BCUT2D eigenvalue weighted by Gasteiger charge is 2.13. The highest BCUT2D eigenvalue weighted by molar-refractivity contribution is 5.79. The minimum atomic E-state index is -0.215. The first-order valence-corrected chi connectivity index (χ1v) is 6.62. The van der Waals surface area contributed by atoms with Crippen molar-refractivity contribution in [3.63, 3.8) is 0 Å². The lowest BCUT2D eigenvalue weighted by atomic mass is 10.0. The van der Waals surface area contributed by atoms with Crippen LogP contribution in [-0.2, 0) is 11.3 Å². The molecule has 1 heterocycles. The van der Waals surface area contributed by atoms with Gasteiger partial charge in [0.15, 0.2) is 0 Å². The number of amides is 1. The van der Waals surface area contributed by atoms with Crippen LogP contribution in [0.3, 0.4) is 0 Å². The molecule has 0 radical (unpaired) electrons. The summed E-state index contributed by atoms with van der Waals surface area (Å²) in [5.41, 5.74) is 2.30. The van der Waals surface area contributed by atoms with Gasteiger partial charge in [0.25, 0.3) is 0 Å². The molecular formula is C14H19N3O2. The van der Waals surface area contributed by atoms with Crippen molar-refractivity contribution in [1.82, 2.24) is 15.3 Å². The molecule has 0 aliphatic rings. The van der Waals surface area contributed by atoms with Crippen LogP contribution in [0.2, 0.25) is 0 Å². The molecule has 0 saturated carbocycles. The van der Waals surface area contributed by atoms with Crippen molar-refractivity contribution in [2.75, 3.05) is 0 Å². The molecule has 102 valence electrons. The zero-order chi connectivity index (χ0) is 13.8. The summed E-state index contributed by atoms with van der Waals surface area (Å²) in [5.74, 6) is 0.170. The van der Waals surface area contributed by atoms with Crippen LogP contribution in [-0.4, -0.2) is 15.9 Å². The van der Waals surface area contributed by atoms with Crippen molar-refractivity contribution in [3.05, 3.63) is 34.2 Å². The first-order chi connectivity index (χ1) is 9.13. The number of imidazole rings is 1. The van der Waals surface area contributed by atoms with E-state index in [0.29, 0.717) is 6.54 Å². The lowest BCUT2D eigenvalue weighted by Crippen LogP contribution is -2.29. The van der Waals surface area contributed by atoms with E-state index in [1.165, 1.54) is 0 Å². The normalized spacial score (nSPS) is 11.1. The van der Waals surface area contributed by atoms with Gasteiger partial charge in [0.05, 0.1) is 11.0 Å². The molecule has 0 spiro atoms. The van der Waals surface area contributed by atoms with Gasteiger partial charge in [-0.25, -0.2) is 4.79 Å². The monoisotopic (exact) mass is 261 g/mol. The fourth-order valence-electron chi connectivity index (χ4n) is 2.18. The molecule has 0 bridgehead atoms. The number of rotatable bonds is 5. The van der Waals surface area contributed by atoms with Crippen LogP contribution in [0.1, 0.15) is 32.3 Å². The lowest BCUT2D eigenvalue weighted by Gasteiger charge is -2.12. The molecule has 5 nitrogen and oxygen atoms in total. The maximum absolute atomic E-state index is 11.9. The van der Waals surface area contributed by atoms with Crippen LogP contribution in [0.25, 0.3) is 11.0 Å². The first-order valence-electron chi connectivity index (χ1n) is 6.62. The number of H-pyrrole nitrogens is 2. The van der Waals surface area contributed by atoms with E-state index in [2.05, 4.69) is 15.3 Å². The number of nitrogens with one attached hydrogen (secondary N) is 3. The van der Waals surface area contributed by atoms with Crippen molar-refractivity contribution in [1.29, 1.82) is 0 Å². The smallest absolute Gasteiger partial charge is 0.323 e. The highest BCUT2D eigenvalue weighted by atomic mass is 16.2. The molecule has 3 N–H and O–H groups in total. The molecule has 0 atom stereocenters. The standard InChI is InChI=1S/C14H19N3O2/c1-3-10(4-2)13(18)15-8-9-5-6-11-12(7-9)17-14(19)16-11/h5-7,10H,3-4,8H2,1-2H3,(H,15,18)(H2,16,17,19). The summed E-state index contributed by atoms with van der Waals surface area (Å²) in [6.45, 7) is 4.52. The minimum absolute atomic E-state index is 0.0794. The molecule has 1 aromatic heterocycles. The number of aromatic nitrogens is 2. The van der Waals surface area contributed by atoms with E-state index in [1.807, 2.05) is 32.0 Å². The number of fused-ring (bicyclic) bond motifs is 1. The Kier molecular flexibility index (Phi) is 4.04. The van der Waals surface area contributed by atoms with Gasteiger partial charge in [0, 0.05) is 12.5 Å². The zero-order valence-corrected chi connectivity index (χ0v) is 11.2. The summed E-state index contributed by atoms with van der Waals surface area (Å²) in [4.78, 5) is 28.4. The van der Waals surface area contributed by atoms with Gasteiger partial charge in [-0.1, -0.05) is 19.9 Å². The van der Waals surface area contributed by atoms with E-state index in [0.717, 1.165) is 29.4 Å². The Bertz CT molecular complexity index is 623. The Morgan fingerprint density at radius 2 is 1.89 bits per heavy atom. The Labute approximate surface area is 111 Å². The summed E-state index contributed by atoms with van der Waals surface area (Å²) in [6, 6.07) is 5.62. The maximum Gasteiger partial charge on any atom is 0.323 e. The van der Waals surface area contributed by atoms with E-state index in [1.54, 1.807) is 0 Å². The van der Waals surface area contributed by atoms with Crippen molar-refractivity contribution in [3.8, 4) is 0 Å². The van der Waals surface area contributed by atoms with E-state index in [4.69, 9.17) is 0 Å². The average molecular weight is 261 g/mol. The van der Waals surface area contributed by atoms with Crippen LogP contribution in [0.4, 0.5) is 0 Å².